The number of piperidine rings is 1. The second-order valence-corrected chi connectivity index (χ2v) is 6.78. The van der Waals surface area contributed by atoms with E-state index in [0.29, 0.717) is 18.5 Å². The highest BCUT2D eigenvalue weighted by Crippen LogP contribution is 2.49. The van der Waals surface area contributed by atoms with Gasteiger partial charge < -0.3 is 9.72 Å². The number of nitrogens with one attached hydrogen (secondary N) is 1. The Hall–Kier alpha value is -2.01. The van der Waals surface area contributed by atoms with E-state index < -0.39 is 0 Å². The standard InChI is InChI=1S/C17H21N5O/c1-22-10-11(8-20-21-18)7-17(23-2)13-4-3-5-14-16(13)12(9-19-14)6-15(17)22/h3-5,9,11,15,19H,6-8,10H2,1-2H3/t11-,15+,17-/m0/s1. The molecule has 0 spiro atoms. The first kappa shape index (κ1) is 14.6. The molecule has 0 amide bonds. The number of ether oxygens (including phenoxy) is 1. The zero-order valence-corrected chi connectivity index (χ0v) is 13.5. The molecule has 6 heteroatoms. The van der Waals surface area contributed by atoms with E-state index in [9.17, 15) is 0 Å². The number of hydrogen-bond acceptors (Lipinski definition) is 3. The fraction of sp³-hybridized carbons (Fsp3) is 0.529. The van der Waals surface area contributed by atoms with Crippen LogP contribution >= 0.6 is 0 Å². The minimum atomic E-state index is -0.336. The summed E-state index contributed by atoms with van der Waals surface area (Å²) in [6.45, 7) is 1.46. The zero-order chi connectivity index (χ0) is 16.0. The Labute approximate surface area is 135 Å². The van der Waals surface area contributed by atoms with Crippen LogP contribution in [0.5, 0.6) is 0 Å². The van der Waals surface area contributed by atoms with Gasteiger partial charge in [-0.25, -0.2) is 0 Å². The van der Waals surface area contributed by atoms with Crippen molar-refractivity contribution >= 4 is 10.9 Å². The van der Waals surface area contributed by atoms with Crippen molar-refractivity contribution in [2.24, 2.45) is 11.0 Å². The summed E-state index contributed by atoms with van der Waals surface area (Å²) < 4.78 is 6.19. The van der Waals surface area contributed by atoms with Crippen LogP contribution in [0.2, 0.25) is 0 Å². The highest BCUT2D eigenvalue weighted by molar-refractivity contribution is 5.88. The molecular weight excluding hydrogens is 290 g/mol. The number of methoxy groups -OCH3 is 1. The van der Waals surface area contributed by atoms with E-state index in [1.807, 2.05) is 7.11 Å². The average molecular weight is 311 g/mol. The van der Waals surface area contributed by atoms with Crippen LogP contribution in [-0.4, -0.2) is 43.2 Å². The number of aromatic nitrogens is 1. The molecule has 1 aliphatic carbocycles. The molecule has 23 heavy (non-hydrogen) atoms. The van der Waals surface area contributed by atoms with E-state index in [4.69, 9.17) is 10.3 Å². The summed E-state index contributed by atoms with van der Waals surface area (Å²) >= 11 is 0. The molecule has 1 aromatic heterocycles. The van der Waals surface area contributed by atoms with Gasteiger partial charge in [0.25, 0.3) is 0 Å². The molecule has 120 valence electrons. The maximum Gasteiger partial charge on any atom is 0.109 e. The van der Waals surface area contributed by atoms with E-state index in [-0.39, 0.29) is 5.60 Å². The molecule has 3 atom stereocenters. The van der Waals surface area contributed by atoms with E-state index in [1.165, 1.54) is 22.0 Å². The number of H-pyrrole nitrogens is 1. The minimum Gasteiger partial charge on any atom is -0.372 e. The molecule has 1 N–H and O–H groups in total. The van der Waals surface area contributed by atoms with Gasteiger partial charge in [-0.05, 0) is 48.5 Å². The van der Waals surface area contributed by atoms with Gasteiger partial charge in [0.15, 0.2) is 0 Å². The quantitative estimate of drug-likeness (QED) is 0.537. The lowest BCUT2D eigenvalue weighted by molar-refractivity contribution is -0.124. The third kappa shape index (κ3) is 1.99. The Bertz CT molecular complexity index is 793. The lowest BCUT2D eigenvalue weighted by Gasteiger charge is -2.53. The SMILES string of the molecule is CO[C@]12C[C@@H](CN=[N+]=[N-])CN(C)[C@@H]1Cc1c[nH]c3cccc2c13. The third-order valence-electron chi connectivity index (χ3n) is 5.63. The topological polar surface area (TPSA) is 77.0 Å². The van der Waals surface area contributed by atoms with Crippen LogP contribution in [0.4, 0.5) is 0 Å². The Morgan fingerprint density at radius 1 is 1.52 bits per heavy atom. The van der Waals surface area contributed by atoms with Crippen LogP contribution in [0, 0.1) is 5.92 Å². The number of benzene rings is 1. The summed E-state index contributed by atoms with van der Waals surface area (Å²) in [5.41, 5.74) is 12.1. The van der Waals surface area contributed by atoms with Crippen LogP contribution in [0.1, 0.15) is 17.5 Å². The van der Waals surface area contributed by atoms with Crippen molar-refractivity contribution in [3.8, 4) is 0 Å². The predicted octanol–water partition coefficient (Wildman–Crippen LogP) is 3.20. The Balaban J connectivity index is 1.87. The molecule has 0 radical (unpaired) electrons. The number of rotatable bonds is 3. The van der Waals surface area contributed by atoms with Crippen molar-refractivity contribution in [3.63, 3.8) is 0 Å². The molecule has 0 unspecified atom stereocenters. The van der Waals surface area contributed by atoms with Crippen LogP contribution < -0.4 is 0 Å². The summed E-state index contributed by atoms with van der Waals surface area (Å²) in [4.78, 5) is 8.70. The maximum absolute atomic E-state index is 8.65. The highest BCUT2D eigenvalue weighted by atomic mass is 16.5. The van der Waals surface area contributed by atoms with E-state index >= 15 is 0 Å². The lowest BCUT2D eigenvalue weighted by atomic mass is 9.68. The third-order valence-corrected chi connectivity index (χ3v) is 5.63. The molecule has 1 saturated heterocycles. The summed E-state index contributed by atoms with van der Waals surface area (Å²) in [7, 11) is 3.96. The van der Waals surface area contributed by atoms with E-state index in [0.717, 1.165) is 19.4 Å². The number of azide groups is 1. The average Bonchev–Trinajstić information content (AvgIpc) is 2.98. The predicted molar refractivity (Wildman–Crippen MR) is 89.2 cm³/mol. The van der Waals surface area contributed by atoms with Gasteiger partial charge in [-0.1, -0.05) is 17.2 Å². The van der Waals surface area contributed by atoms with Gasteiger partial charge in [-0.3, -0.25) is 4.90 Å². The number of hydrogen-bond donors (Lipinski definition) is 1. The molecule has 1 aromatic carbocycles. The van der Waals surface area contributed by atoms with Crippen LogP contribution in [0.3, 0.4) is 0 Å². The molecule has 2 aliphatic rings. The van der Waals surface area contributed by atoms with Crippen LogP contribution in [0.15, 0.2) is 29.5 Å². The summed E-state index contributed by atoms with van der Waals surface area (Å²) in [5.74, 6) is 0.308. The van der Waals surface area contributed by atoms with Gasteiger partial charge in [0.05, 0.1) is 0 Å². The lowest BCUT2D eigenvalue weighted by Crippen LogP contribution is -2.59. The number of likely N-dealkylation sites (N-methyl/N-ethyl adjacent to an activating group) is 1. The van der Waals surface area contributed by atoms with Gasteiger partial charge in [-0.2, -0.15) is 0 Å². The molecule has 0 bridgehead atoms. The smallest absolute Gasteiger partial charge is 0.109 e. The zero-order valence-electron chi connectivity index (χ0n) is 13.5. The normalized spacial score (nSPS) is 30.0. The van der Waals surface area contributed by atoms with Crippen molar-refractivity contribution in [1.29, 1.82) is 0 Å². The Kier molecular flexibility index (Phi) is 3.34. The number of nitrogens with zero attached hydrogens (tertiary/aromatic N) is 4. The molecule has 4 rings (SSSR count). The van der Waals surface area contributed by atoms with Crippen LogP contribution in [-0.2, 0) is 16.8 Å². The fourth-order valence-corrected chi connectivity index (χ4v) is 4.71. The van der Waals surface area contributed by atoms with E-state index in [1.54, 1.807) is 0 Å². The highest BCUT2D eigenvalue weighted by Gasteiger charge is 2.51. The number of aromatic amines is 1. The summed E-state index contributed by atoms with van der Waals surface area (Å²) in [5, 5.41) is 5.12. The Morgan fingerprint density at radius 2 is 2.39 bits per heavy atom. The first-order chi connectivity index (χ1) is 11.2. The molecule has 1 aliphatic heterocycles. The number of likely N-dealkylation sites (tertiary alicyclic amines) is 1. The van der Waals surface area contributed by atoms with Gasteiger partial charge >= 0.3 is 0 Å². The Morgan fingerprint density at radius 3 is 3.17 bits per heavy atom. The van der Waals surface area contributed by atoms with Gasteiger partial charge in [-0.15, -0.1) is 0 Å². The summed E-state index contributed by atoms with van der Waals surface area (Å²) in [6, 6.07) is 6.72. The maximum atomic E-state index is 8.65. The monoisotopic (exact) mass is 311 g/mol. The second-order valence-electron chi connectivity index (χ2n) is 6.78. The molecule has 2 aromatic rings. The van der Waals surface area contributed by atoms with Crippen LogP contribution in [0.25, 0.3) is 21.3 Å². The second kappa shape index (κ2) is 5.27. The summed E-state index contributed by atoms with van der Waals surface area (Å²) in [6.07, 6.45) is 4.00. The van der Waals surface area contributed by atoms with Gasteiger partial charge in [0.1, 0.15) is 5.60 Å². The molecule has 6 nitrogen and oxygen atoms in total. The van der Waals surface area contributed by atoms with Gasteiger partial charge in [0, 0.05) is 48.3 Å². The number of fused-ring (bicyclic) bond motifs is 2. The van der Waals surface area contributed by atoms with Crippen molar-refractivity contribution in [2.45, 2.75) is 24.5 Å². The first-order valence-corrected chi connectivity index (χ1v) is 8.05. The molecule has 1 fully saturated rings. The first-order valence-electron chi connectivity index (χ1n) is 8.05. The van der Waals surface area contributed by atoms with Gasteiger partial charge in [0.2, 0.25) is 0 Å². The molecular formula is C17H21N5O. The fourth-order valence-electron chi connectivity index (χ4n) is 4.71. The largest absolute Gasteiger partial charge is 0.372 e. The molecule has 0 saturated carbocycles. The minimum absolute atomic E-state index is 0.308. The molecule has 2 heterocycles. The van der Waals surface area contributed by atoms with Crippen molar-refractivity contribution in [1.82, 2.24) is 9.88 Å². The van der Waals surface area contributed by atoms with E-state index in [2.05, 4.69) is 51.4 Å². The van der Waals surface area contributed by atoms with Crippen molar-refractivity contribution in [3.05, 3.63) is 46.0 Å². The van der Waals surface area contributed by atoms with Crippen molar-refractivity contribution in [2.75, 3.05) is 27.2 Å². The van der Waals surface area contributed by atoms with Crippen molar-refractivity contribution < 1.29 is 4.74 Å².